The highest BCUT2D eigenvalue weighted by molar-refractivity contribution is 6.46. The van der Waals surface area contributed by atoms with Gasteiger partial charge in [-0.05, 0) is 12.1 Å². The SMILES string of the molecule is COC(=O)C(NC(=O)c1cc(-c2ccccc2)nc2ccccc12)C1=NC=CCC1=O. The molecule has 154 valence electrons. The van der Waals surface area contributed by atoms with E-state index in [9.17, 15) is 14.4 Å². The van der Waals surface area contributed by atoms with E-state index >= 15 is 0 Å². The van der Waals surface area contributed by atoms with Gasteiger partial charge in [0.05, 0.1) is 23.9 Å². The van der Waals surface area contributed by atoms with Crippen LogP contribution in [0.3, 0.4) is 0 Å². The molecule has 0 bridgehead atoms. The van der Waals surface area contributed by atoms with Crippen molar-refractivity contribution in [3.05, 3.63) is 78.5 Å². The summed E-state index contributed by atoms with van der Waals surface area (Å²) < 4.78 is 4.81. The Morgan fingerprint density at radius 3 is 2.55 bits per heavy atom. The van der Waals surface area contributed by atoms with Crippen molar-refractivity contribution in [1.29, 1.82) is 0 Å². The molecule has 3 aromatic rings. The van der Waals surface area contributed by atoms with Crippen LogP contribution in [-0.2, 0) is 14.3 Å². The molecule has 31 heavy (non-hydrogen) atoms. The van der Waals surface area contributed by atoms with Gasteiger partial charge >= 0.3 is 5.97 Å². The van der Waals surface area contributed by atoms with Crippen molar-refractivity contribution >= 4 is 34.3 Å². The number of Topliss-reactive ketones (excluding diaryl/α,β-unsaturated/α-hetero) is 1. The molecule has 7 nitrogen and oxygen atoms in total. The molecule has 1 aliphatic heterocycles. The van der Waals surface area contributed by atoms with E-state index in [0.717, 1.165) is 5.56 Å². The summed E-state index contributed by atoms with van der Waals surface area (Å²) in [7, 11) is 1.19. The number of para-hydroxylation sites is 1. The standard InChI is InChI=1S/C24H19N3O4/c1-31-24(30)22(21-20(28)12-7-13-25-21)27-23(29)17-14-19(15-8-3-2-4-9-15)26-18-11-6-5-10-16(17)18/h2-11,13-14,22H,12H2,1H3,(H,27,29). The first-order valence-electron chi connectivity index (χ1n) is 9.68. The number of allylic oxidation sites excluding steroid dienone is 1. The fourth-order valence-corrected chi connectivity index (χ4v) is 3.39. The van der Waals surface area contributed by atoms with Gasteiger partial charge in [0.15, 0.2) is 11.8 Å². The van der Waals surface area contributed by atoms with Crippen molar-refractivity contribution in [3.63, 3.8) is 0 Å². The van der Waals surface area contributed by atoms with Crippen LogP contribution >= 0.6 is 0 Å². The van der Waals surface area contributed by atoms with Gasteiger partial charge in [0.2, 0.25) is 0 Å². The molecule has 0 radical (unpaired) electrons. The van der Waals surface area contributed by atoms with Gasteiger partial charge in [-0.1, -0.05) is 54.6 Å². The van der Waals surface area contributed by atoms with Gasteiger partial charge in [0.1, 0.15) is 5.71 Å². The Kier molecular flexibility index (Phi) is 5.66. The molecule has 2 aromatic carbocycles. The van der Waals surface area contributed by atoms with Gasteiger partial charge in [0.25, 0.3) is 5.91 Å². The number of hydrogen-bond donors (Lipinski definition) is 1. The zero-order chi connectivity index (χ0) is 21.8. The number of esters is 1. The molecule has 1 aromatic heterocycles. The second kappa shape index (κ2) is 8.71. The highest BCUT2D eigenvalue weighted by atomic mass is 16.5. The van der Waals surface area contributed by atoms with E-state index in [2.05, 4.69) is 15.3 Å². The van der Waals surface area contributed by atoms with Gasteiger partial charge in [-0.15, -0.1) is 0 Å². The predicted octanol–water partition coefficient (Wildman–Crippen LogP) is 3.10. The van der Waals surface area contributed by atoms with E-state index < -0.39 is 17.9 Å². The third kappa shape index (κ3) is 4.11. The summed E-state index contributed by atoms with van der Waals surface area (Å²) in [4.78, 5) is 46.6. The maximum absolute atomic E-state index is 13.3. The first kappa shape index (κ1) is 20.2. The summed E-state index contributed by atoms with van der Waals surface area (Å²) in [6.07, 6.45) is 3.14. The minimum absolute atomic E-state index is 0.0515. The van der Waals surface area contributed by atoms with Crippen LogP contribution in [0.2, 0.25) is 0 Å². The van der Waals surface area contributed by atoms with Crippen molar-refractivity contribution < 1.29 is 19.1 Å². The number of nitrogens with one attached hydrogen (secondary N) is 1. The second-order valence-electron chi connectivity index (χ2n) is 6.89. The quantitative estimate of drug-likeness (QED) is 0.648. The van der Waals surface area contributed by atoms with Crippen molar-refractivity contribution in [1.82, 2.24) is 10.3 Å². The number of aliphatic imine (C=N–C) groups is 1. The molecule has 1 aliphatic rings. The number of hydrogen-bond acceptors (Lipinski definition) is 6. The number of fused-ring (bicyclic) bond motifs is 1. The van der Waals surface area contributed by atoms with Crippen LogP contribution in [-0.4, -0.2) is 41.5 Å². The summed E-state index contributed by atoms with van der Waals surface area (Å²) in [6, 6.07) is 17.1. The number of rotatable bonds is 5. The van der Waals surface area contributed by atoms with Gasteiger partial charge in [0, 0.05) is 23.6 Å². The van der Waals surface area contributed by atoms with Gasteiger partial charge in [-0.3, -0.25) is 14.6 Å². The molecule has 2 heterocycles. The number of aromatic nitrogens is 1. The van der Waals surface area contributed by atoms with Crippen molar-refractivity contribution in [2.45, 2.75) is 12.5 Å². The van der Waals surface area contributed by atoms with E-state index in [4.69, 9.17) is 4.74 Å². The van der Waals surface area contributed by atoms with Crippen molar-refractivity contribution in [2.75, 3.05) is 7.11 Å². The minimum atomic E-state index is -1.30. The molecule has 0 saturated heterocycles. The molecule has 0 fully saturated rings. The third-order valence-electron chi connectivity index (χ3n) is 4.92. The van der Waals surface area contributed by atoms with Crippen molar-refractivity contribution in [2.24, 2.45) is 4.99 Å². The van der Waals surface area contributed by atoms with E-state index in [0.29, 0.717) is 22.2 Å². The molecule has 0 saturated carbocycles. The molecule has 7 heteroatoms. The Balaban J connectivity index is 1.77. The number of benzene rings is 2. The maximum atomic E-state index is 13.3. The first-order valence-corrected chi connectivity index (χ1v) is 9.68. The van der Waals surface area contributed by atoms with E-state index in [1.807, 2.05) is 42.5 Å². The number of ketones is 1. The number of amides is 1. The highest BCUT2D eigenvalue weighted by Crippen LogP contribution is 2.25. The number of methoxy groups -OCH3 is 1. The lowest BCUT2D eigenvalue weighted by molar-refractivity contribution is -0.141. The molecule has 0 spiro atoms. The van der Waals surface area contributed by atoms with Crippen LogP contribution in [0.25, 0.3) is 22.2 Å². The number of pyridine rings is 1. The zero-order valence-corrected chi connectivity index (χ0v) is 16.7. The Hall–Kier alpha value is -4.13. The number of ether oxygens (including phenoxy) is 1. The maximum Gasteiger partial charge on any atom is 0.334 e. The predicted molar refractivity (Wildman–Crippen MR) is 117 cm³/mol. The monoisotopic (exact) mass is 413 g/mol. The van der Waals surface area contributed by atoms with E-state index in [1.54, 1.807) is 24.3 Å². The van der Waals surface area contributed by atoms with E-state index in [1.165, 1.54) is 13.3 Å². The van der Waals surface area contributed by atoms with Crippen LogP contribution in [0.15, 0.2) is 77.9 Å². The Morgan fingerprint density at radius 2 is 1.81 bits per heavy atom. The summed E-state index contributed by atoms with van der Waals surface area (Å²) in [5, 5.41) is 3.25. The van der Waals surface area contributed by atoms with Crippen LogP contribution in [0, 0.1) is 0 Å². The van der Waals surface area contributed by atoms with Crippen LogP contribution < -0.4 is 5.32 Å². The molecule has 1 atom stereocenters. The molecule has 0 aliphatic carbocycles. The lowest BCUT2D eigenvalue weighted by atomic mass is 10.0. The molecule has 1 unspecified atom stereocenters. The van der Waals surface area contributed by atoms with Crippen LogP contribution in [0.5, 0.6) is 0 Å². The first-order chi connectivity index (χ1) is 15.1. The summed E-state index contributed by atoms with van der Waals surface area (Å²) in [6.45, 7) is 0. The normalized spacial score (nSPS) is 14.1. The summed E-state index contributed by atoms with van der Waals surface area (Å²) >= 11 is 0. The second-order valence-corrected chi connectivity index (χ2v) is 6.89. The number of carbonyl (C=O) groups is 3. The van der Waals surface area contributed by atoms with Crippen LogP contribution in [0.4, 0.5) is 0 Å². The van der Waals surface area contributed by atoms with Gasteiger partial charge in [-0.2, -0.15) is 0 Å². The molecular formula is C24H19N3O4. The fourth-order valence-electron chi connectivity index (χ4n) is 3.39. The average Bonchev–Trinajstić information content (AvgIpc) is 2.82. The average molecular weight is 413 g/mol. The molecule has 4 rings (SSSR count). The fraction of sp³-hybridized carbons (Fsp3) is 0.125. The minimum Gasteiger partial charge on any atom is -0.467 e. The Morgan fingerprint density at radius 1 is 1.06 bits per heavy atom. The van der Waals surface area contributed by atoms with E-state index in [-0.39, 0.29) is 17.9 Å². The number of nitrogens with zero attached hydrogens (tertiary/aromatic N) is 2. The molecular weight excluding hydrogens is 394 g/mol. The lowest BCUT2D eigenvalue weighted by Gasteiger charge is -2.19. The summed E-state index contributed by atoms with van der Waals surface area (Å²) in [5.74, 6) is -1.64. The zero-order valence-electron chi connectivity index (χ0n) is 16.7. The third-order valence-corrected chi connectivity index (χ3v) is 4.92. The summed E-state index contributed by atoms with van der Waals surface area (Å²) in [5.41, 5.74) is 2.39. The largest absolute Gasteiger partial charge is 0.467 e. The van der Waals surface area contributed by atoms with Crippen LogP contribution in [0.1, 0.15) is 16.8 Å². The van der Waals surface area contributed by atoms with Gasteiger partial charge in [-0.25, -0.2) is 9.78 Å². The topological polar surface area (TPSA) is 97.7 Å². The smallest absolute Gasteiger partial charge is 0.334 e. The highest BCUT2D eigenvalue weighted by Gasteiger charge is 2.32. The van der Waals surface area contributed by atoms with Crippen molar-refractivity contribution in [3.8, 4) is 11.3 Å². The Labute approximate surface area is 178 Å². The molecule has 1 N–H and O–H groups in total. The molecule has 1 amide bonds. The Bertz CT molecular complexity index is 1230. The lowest BCUT2D eigenvalue weighted by Crippen LogP contribution is -2.50. The van der Waals surface area contributed by atoms with Gasteiger partial charge < -0.3 is 10.1 Å². The number of carbonyl (C=O) groups excluding carboxylic acids is 3.